The van der Waals surface area contributed by atoms with Crippen LogP contribution in [0.5, 0.6) is 0 Å². The van der Waals surface area contributed by atoms with Gasteiger partial charge in [0.2, 0.25) is 0 Å². The fourth-order valence-electron chi connectivity index (χ4n) is 6.30. The molecule has 0 aliphatic carbocycles. The van der Waals surface area contributed by atoms with Crippen LogP contribution in [0.2, 0.25) is 0 Å². The average Bonchev–Trinajstić information content (AvgIpc) is 3.02. The highest BCUT2D eigenvalue weighted by Crippen LogP contribution is 2.36. The van der Waals surface area contributed by atoms with E-state index in [1.54, 1.807) is 14.2 Å². The van der Waals surface area contributed by atoms with E-state index in [9.17, 15) is 10.2 Å². The zero-order valence-electron chi connectivity index (χ0n) is 27.1. The second-order valence-electron chi connectivity index (χ2n) is 10.7. The smallest absolute Gasteiger partial charge is 0.187 e. The predicted octanol–water partition coefficient (Wildman–Crippen LogP) is -1.30. The van der Waals surface area contributed by atoms with Gasteiger partial charge in [-0.05, 0) is 6.42 Å². The highest BCUT2D eigenvalue weighted by atomic mass is 16.8. The normalized spacial score (nSPS) is 43.3. The Kier molecular flexibility index (Phi) is 16.0. The third-order valence-corrected chi connectivity index (χ3v) is 8.35. The molecule has 0 radical (unpaired) electrons. The molecular weight excluding hydrogens is 592 g/mol. The molecule has 6 unspecified atom stereocenters. The summed E-state index contributed by atoms with van der Waals surface area (Å²) >= 11 is 0. The molecule has 16 heteroatoms. The van der Waals surface area contributed by atoms with E-state index in [0.717, 1.165) is 0 Å². The standard InChI is InChI=1S/C28H52O16/c1-31-12-15-18(21(35-5)23(37-7)26(30)40-15)43-28-25(39-9)22(36-6)19(16(42-28)13-32-2)44-27-24(38-8)20(34-4)17(33-3)14(41-27)10-11-29/h14-30H,10-13H2,1-9H3/t14?,15?,16?,17-,18-,19+,20-,21-,22-,23?,24?,25?,26-,27+,28+/m1/s1. The molecular formula is C28H52O16. The Hall–Kier alpha value is -0.640. The summed E-state index contributed by atoms with van der Waals surface area (Å²) in [6.07, 6.45) is -11.6. The fraction of sp³-hybridized carbons (Fsp3) is 1.00. The van der Waals surface area contributed by atoms with Crippen molar-refractivity contribution in [2.24, 2.45) is 0 Å². The first-order valence-corrected chi connectivity index (χ1v) is 14.6. The molecule has 0 aromatic rings. The van der Waals surface area contributed by atoms with Crippen molar-refractivity contribution >= 4 is 0 Å². The van der Waals surface area contributed by atoms with E-state index in [4.69, 9.17) is 66.3 Å². The lowest BCUT2D eigenvalue weighted by Crippen LogP contribution is -2.67. The van der Waals surface area contributed by atoms with Gasteiger partial charge >= 0.3 is 0 Å². The van der Waals surface area contributed by atoms with Crippen molar-refractivity contribution in [2.75, 3.05) is 83.8 Å². The van der Waals surface area contributed by atoms with Gasteiger partial charge in [-0.1, -0.05) is 0 Å². The molecule has 3 saturated heterocycles. The van der Waals surface area contributed by atoms with Gasteiger partial charge in [0.1, 0.15) is 67.1 Å². The molecule has 0 aromatic carbocycles. The van der Waals surface area contributed by atoms with Crippen LogP contribution < -0.4 is 0 Å². The molecule has 0 aromatic heterocycles. The van der Waals surface area contributed by atoms with Crippen molar-refractivity contribution in [1.82, 2.24) is 0 Å². The van der Waals surface area contributed by atoms with Crippen LogP contribution >= 0.6 is 0 Å². The predicted molar refractivity (Wildman–Crippen MR) is 149 cm³/mol. The summed E-state index contributed by atoms with van der Waals surface area (Å²) in [5.74, 6) is 0. The molecule has 3 aliphatic rings. The van der Waals surface area contributed by atoms with Crippen molar-refractivity contribution in [2.45, 2.75) is 98.5 Å². The van der Waals surface area contributed by atoms with E-state index >= 15 is 0 Å². The molecule has 16 nitrogen and oxygen atoms in total. The lowest BCUT2D eigenvalue weighted by molar-refractivity contribution is -0.384. The van der Waals surface area contributed by atoms with E-state index in [1.165, 1.54) is 49.8 Å². The third-order valence-electron chi connectivity index (χ3n) is 8.35. The minimum absolute atomic E-state index is 0.0927. The number of methoxy groups -OCH3 is 9. The van der Waals surface area contributed by atoms with Gasteiger partial charge in [-0.25, -0.2) is 0 Å². The first kappa shape index (κ1) is 37.8. The Morgan fingerprint density at radius 3 is 1.25 bits per heavy atom. The van der Waals surface area contributed by atoms with Crippen molar-refractivity contribution in [3.8, 4) is 0 Å². The topological polar surface area (TPSA) is 170 Å². The first-order valence-electron chi connectivity index (χ1n) is 14.6. The largest absolute Gasteiger partial charge is 0.396 e. The lowest BCUT2D eigenvalue weighted by atomic mass is 9.94. The van der Waals surface area contributed by atoms with Crippen molar-refractivity contribution in [3.05, 3.63) is 0 Å². The summed E-state index contributed by atoms with van der Waals surface area (Å²) in [5.41, 5.74) is 0. The molecule has 2 N–H and O–H groups in total. The zero-order chi connectivity index (χ0) is 32.4. The van der Waals surface area contributed by atoms with E-state index < -0.39 is 92.1 Å². The van der Waals surface area contributed by atoms with Crippen LogP contribution in [0.25, 0.3) is 0 Å². The number of aliphatic hydroxyl groups excluding tert-OH is 2. The summed E-state index contributed by atoms with van der Waals surface area (Å²) in [4.78, 5) is 0. The SMILES string of the molecule is COCC1O[C@@H](O)C(OC)[C@H](OC)[C@@H]1O[C@@H]1OC(COC)[C@H](O[C@@H]2OC(CCO)[C@@H](OC)[C@@H](OC)C2OC)[C@@H](OC)C1OC. The van der Waals surface area contributed by atoms with Gasteiger partial charge in [0.25, 0.3) is 0 Å². The minimum atomic E-state index is -1.27. The maximum atomic E-state index is 10.5. The molecule has 0 saturated carbocycles. The van der Waals surface area contributed by atoms with E-state index in [0.29, 0.717) is 0 Å². The summed E-state index contributed by atoms with van der Waals surface area (Å²) in [5, 5.41) is 20.2. The summed E-state index contributed by atoms with van der Waals surface area (Å²) < 4.78 is 82.7. The summed E-state index contributed by atoms with van der Waals surface area (Å²) in [6, 6.07) is 0. The van der Waals surface area contributed by atoms with Gasteiger partial charge in [0.05, 0.1) is 19.3 Å². The van der Waals surface area contributed by atoms with Gasteiger partial charge < -0.3 is 76.5 Å². The number of ether oxygens (including phenoxy) is 14. The van der Waals surface area contributed by atoms with Crippen LogP contribution in [0.4, 0.5) is 0 Å². The quantitative estimate of drug-likeness (QED) is 0.191. The van der Waals surface area contributed by atoms with Gasteiger partial charge in [-0.2, -0.15) is 0 Å². The van der Waals surface area contributed by atoms with Crippen LogP contribution in [-0.2, 0) is 66.3 Å². The highest BCUT2D eigenvalue weighted by Gasteiger charge is 2.55. The first-order chi connectivity index (χ1) is 21.3. The molecule has 260 valence electrons. The molecule has 0 bridgehead atoms. The van der Waals surface area contributed by atoms with Crippen molar-refractivity contribution < 1.29 is 76.5 Å². The van der Waals surface area contributed by atoms with Crippen LogP contribution in [0.3, 0.4) is 0 Å². The van der Waals surface area contributed by atoms with Gasteiger partial charge in [0.15, 0.2) is 18.9 Å². The highest BCUT2D eigenvalue weighted by molar-refractivity contribution is 4.98. The number of aliphatic hydroxyl groups is 2. The maximum Gasteiger partial charge on any atom is 0.187 e. The van der Waals surface area contributed by atoms with Crippen molar-refractivity contribution in [1.29, 1.82) is 0 Å². The Balaban J connectivity index is 1.92. The summed E-state index contributed by atoms with van der Waals surface area (Å²) in [7, 11) is 13.6. The molecule has 3 fully saturated rings. The fourth-order valence-corrected chi connectivity index (χ4v) is 6.30. The van der Waals surface area contributed by atoms with E-state index in [-0.39, 0.29) is 26.2 Å². The van der Waals surface area contributed by atoms with Crippen molar-refractivity contribution in [3.63, 3.8) is 0 Å². The maximum absolute atomic E-state index is 10.5. The Morgan fingerprint density at radius 1 is 0.455 bits per heavy atom. The van der Waals surface area contributed by atoms with Crippen LogP contribution in [0.1, 0.15) is 6.42 Å². The Labute approximate surface area is 259 Å². The molecule has 3 aliphatic heterocycles. The Bertz CT molecular complexity index is 795. The van der Waals surface area contributed by atoms with Crippen LogP contribution in [0, 0.1) is 0 Å². The second-order valence-corrected chi connectivity index (χ2v) is 10.7. The van der Waals surface area contributed by atoms with Crippen LogP contribution in [-0.4, -0.2) is 186 Å². The Morgan fingerprint density at radius 2 is 0.841 bits per heavy atom. The second kappa shape index (κ2) is 18.6. The van der Waals surface area contributed by atoms with Gasteiger partial charge in [0, 0.05) is 70.6 Å². The van der Waals surface area contributed by atoms with E-state index in [1.807, 2.05) is 0 Å². The van der Waals surface area contributed by atoms with Gasteiger partial charge in [-0.3, -0.25) is 0 Å². The molecule has 3 rings (SSSR count). The monoisotopic (exact) mass is 644 g/mol. The number of hydrogen-bond donors (Lipinski definition) is 2. The zero-order valence-corrected chi connectivity index (χ0v) is 27.1. The number of rotatable bonds is 17. The lowest BCUT2D eigenvalue weighted by Gasteiger charge is -2.50. The molecule has 0 spiro atoms. The molecule has 0 amide bonds. The minimum Gasteiger partial charge on any atom is -0.396 e. The van der Waals surface area contributed by atoms with E-state index in [2.05, 4.69) is 0 Å². The molecule has 44 heavy (non-hydrogen) atoms. The third kappa shape index (κ3) is 8.25. The molecule has 15 atom stereocenters. The number of hydrogen-bond acceptors (Lipinski definition) is 16. The van der Waals surface area contributed by atoms with Gasteiger partial charge in [-0.15, -0.1) is 0 Å². The van der Waals surface area contributed by atoms with Crippen LogP contribution in [0.15, 0.2) is 0 Å². The average molecular weight is 645 g/mol. The summed E-state index contributed by atoms with van der Waals surface area (Å²) in [6.45, 7) is 0.0579. The molecule has 3 heterocycles.